The highest BCUT2D eigenvalue weighted by atomic mass is 32.1. The van der Waals surface area contributed by atoms with Gasteiger partial charge >= 0.3 is 0 Å². The zero-order chi connectivity index (χ0) is 26.5. The van der Waals surface area contributed by atoms with Crippen LogP contribution in [0.3, 0.4) is 0 Å². The topological polar surface area (TPSA) is 16.1 Å². The van der Waals surface area contributed by atoms with Gasteiger partial charge < -0.3 is 4.90 Å². The fourth-order valence-electron chi connectivity index (χ4n) is 5.83. The Labute approximate surface area is 236 Å². The normalized spacial score (nSPS) is 11.5. The second kappa shape index (κ2) is 9.33. The van der Waals surface area contributed by atoms with Crippen molar-refractivity contribution in [2.45, 2.75) is 0 Å². The van der Waals surface area contributed by atoms with Gasteiger partial charge in [0.1, 0.15) is 4.83 Å². The highest BCUT2D eigenvalue weighted by molar-refractivity contribution is 7.25. The maximum Gasteiger partial charge on any atom is 0.124 e. The van der Waals surface area contributed by atoms with Crippen LogP contribution in [0.5, 0.6) is 0 Å². The molecule has 0 atom stereocenters. The smallest absolute Gasteiger partial charge is 0.124 e. The Morgan fingerprint density at radius 3 is 2.12 bits per heavy atom. The molecular formula is C37H24N2S. The number of thiophene rings is 1. The quantitative estimate of drug-likeness (QED) is 0.211. The first-order valence-electron chi connectivity index (χ1n) is 13.5. The molecule has 6 aromatic carbocycles. The van der Waals surface area contributed by atoms with E-state index < -0.39 is 0 Å². The number of aromatic nitrogens is 1. The number of hydrogen-bond donors (Lipinski definition) is 0. The van der Waals surface area contributed by atoms with Gasteiger partial charge in [-0.2, -0.15) is 0 Å². The summed E-state index contributed by atoms with van der Waals surface area (Å²) < 4.78 is 1.24. The molecule has 2 heterocycles. The van der Waals surface area contributed by atoms with Crippen molar-refractivity contribution < 1.29 is 0 Å². The molecule has 0 spiro atoms. The minimum Gasteiger partial charge on any atom is -0.310 e. The van der Waals surface area contributed by atoms with Gasteiger partial charge in [0, 0.05) is 33.0 Å². The second-order valence-electron chi connectivity index (χ2n) is 10.0. The van der Waals surface area contributed by atoms with Gasteiger partial charge in [0.05, 0.1) is 5.69 Å². The van der Waals surface area contributed by atoms with Gasteiger partial charge in [-0.15, -0.1) is 11.3 Å². The van der Waals surface area contributed by atoms with E-state index in [1.807, 2.05) is 12.3 Å². The van der Waals surface area contributed by atoms with E-state index in [0.717, 1.165) is 21.9 Å². The van der Waals surface area contributed by atoms with E-state index in [-0.39, 0.29) is 0 Å². The molecule has 0 N–H and O–H groups in total. The molecule has 0 fully saturated rings. The molecule has 0 bridgehead atoms. The second-order valence-corrected chi connectivity index (χ2v) is 11.1. The molecular weight excluding hydrogens is 504 g/mol. The van der Waals surface area contributed by atoms with Crippen LogP contribution in [-0.2, 0) is 0 Å². The van der Waals surface area contributed by atoms with E-state index in [9.17, 15) is 0 Å². The fourth-order valence-corrected chi connectivity index (χ4v) is 6.89. The van der Waals surface area contributed by atoms with Crippen molar-refractivity contribution in [2.75, 3.05) is 4.90 Å². The van der Waals surface area contributed by atoms with Crippen molar-refractivity contribution in [3.63, 3.8) is 0 Å². The zero-order valence-electron chi connectivity index (χ0n) is 21.7. The molecule has 8 rings (SSSR count). The minimum absolute atomic E-state index is 1.06. The Bertz CT molecular complexity index is 2160. The van der Waals surface area contributed by atoms with Crippen LogP contribution in [0, 0.1) is 0 Å². The van der Waals surface area contributed by atoms with Crippen LogP contribution < -0.4 is 4.90 Å². The number of rotatable bonds is 4. The number of nitrogens with zero attached hydrogens (tertiary/aromatic N) is 2. The molecule has 188 valence electrons. The summed E-state index contributed by atoms with van der Waals surface area (Å²) in [6, 6.07) is 50.2. The Morgan fingerprint density at radius 2 is 1.23 bits per heavy atom. The molecule has 0 unspecified atom stereocenters. The fraction of sp³-hybridized carbons (Fsp3) is 0. The standard InChI is InChI=1S/C37H24N2S/c1-2-8-25(9-3-1)26-17-19-29(20-18-26)39(34-13-6-14-35-36(34)33-12-7-23-38-37(33)40-35)30-21-22-32-28(24-30)16-15-27-10-4-5-11-31(27)32/h1-24H. The van der Waals surface area contributed by atoms with Crippen LogP contribution in [0.15, 0.2) is 146 Å². The molecule has 0 saturated carbocycles. The average molecular weight is 529 g/mol. The maximum absolute atomic E-state index is 4.68. The van der Waals surface area contributed by atoms with Gasteiger partial charge in [-0.05, 0) is 81.2 Å². The Hall–Kier alpha value is -4.99. The van der Waals surface area contributed by atoms with Gasteiger partial charge in [-0.3, -0.25) is 0 Å². The van der Waals surface area contributed by atoms with Gasteiger partial charge in [-0.25, -0.2) is 4.98 Å². The SMILES string of the molecule is c1ccc(-c2ccc(N(c3ccc4c(ccc5ccccc54)c3)c3cccc4sc5ncccc5c34)cc2)cc1. The third-order valence-corrected chi connectivity index (χ3v) is 8.79. The van der Waals surface area contributed by atoms with Crippen molar-refractivity contribution in [1.29, 1.82) is 0 Å². The van der Waals surface area contributed by atoms with Gasteiger partial charge in [-0.1, -0.05) is 91.0 Å². The summed E-state index contributed by atoms with van der Waals surface area (Å²) in [6.07, 6.45) is 1.88. The van der Waals surface area contributed by atoms with Crippen molar-refractivity contribution in [3.05, 3.63) is 146 Å². The first kappa shape index (κ1) is 22.9. The van der Waals surface area contributed by atoms with Crippen LogP contribution >= 0.6 is 11.3 Å². The highest BCUT2D eigenvalue weighted by Crippen LogP contribution is 2.45. The number of benzene rings is 6. The van der Waals surface area contributed by atoms with E-state index in [1.54, 1.807) is 11.3 Å². The van der Waals surface area contributed by atoms with Gasteiger partial charge in [0.15, 0.2) is 0 Å². The predicted octanol–water partition coefficient (Wildman–Crippen LogP) is 10.9. The van der Waals surface area contributed by atoms with E-state index in [1.165, 1.54) is 48.1 Å². The molecule has 0 aliphatic heterocycles. The van der Waals surface area contributed by atoms with Crippen molar-refractivity contribution in [1.82, 2.24) is 4.98 Å². The Balaban J connectivity index is 1.36. The lowest BCUT2D eigenvalue weighted by molar-refractivity contribution is 1.31. The molecule has 40 heavy (non-hydrogen) atoms. The van der Waals surface area contributed by atoms with E-state index in [4.69, 9.17) is 0 Å². The van der Waals surface area contributed by atoms with Crippen LogP contribution in [0.25, 0.3) is 53.0 Å². The average Bonchev–Trinajstić information content (AvgIpc) is 3.41. The number of hydrogen-bond acceptors (Lipinski definition) is 3. The monoisotopic (exact) mass is 528 g/mol. The largest absolute Gasteiger partial charge is 0.310 e. The predicted molar refractivity (Wildman–Crippen MR) is 172 cm³/mol. The number of anilines is 3. The van der Waals surface area contributed by atoms with Crippen LogP contribution in [0.2, 0.25) is 0 Å². The van der Waals surface area contributed by atoms with E-state index in [0.29, 0.717) is 0 Å². The molecule has 0 aliphatic carbocycles. The summed E-state index contributed by atoms with van der Waals surface area (Å²) in [5.41, 5.74) is 5.83. The zero-order valence-corrected chi connectivity index (χ0v) is 22.5. The summed E-state index contributed by atoms with van der Waals surface area (Å²) in [6.45, 7) is 0. The third-order valence-electron chi connectivity index (χ3n) is 7.71. The van der Waals surface area contributed by atoms with E-state index >= 15 is 0 Å². The van der Waals surface area contributed by atoms with Crippen molar-refractivity contribution >= 4 is 70.2 Å². The Morgan fingerprint density at radius 1 is 0.500 bits per heavy atom. The molecule has 2 nitrogen and oxygen atoms in total. The van der Waals surface area contributed by atoms with Crippen LogP contribution in [0.4, 0.5) is 17.1 Å². The maximum atomic E-state index is 4.68. The summed E-state index contributed by atoms with van der Waals surface area (Å²) in [7, 11) is 0. The first-order valence-corrected chi connectivity index (χ1v) is 14.3. The number of pyridine rings is 1. The molecule has 0 amide bonds. The summed E-state index contributed by atoms with van der Waals surface area (Å²) in [5.74, 6) is 0. The molecule has 2 aromatic heterocycles. The first-order chi connectivity index (χ1) is 19.8. The van der Waals surface area contributed by atoms with Crippen LogP contribution in [0.1, 0.15) is 0 Å². The van der Waals surface area contributed by atoms with Gasteiger partial charge in [0.25, 0.3) is 0 Å². The number of fused-ring (bicyclic) bond motifs is 6. The summed E-state index contributed by atoms with van der Waals surface area (Å²) >= 11 is 1.75. The van der Waals surface area contributed by atoms with Crippen molar-refractivity contribution in [3.8, 4) is 11.1 Å². The van der Waals surface area contributed by atoms with E-state index in [2.05, 4.69) is 143 Å². The highest BCUT2D eigenvalue weighted by Gasteiger charge is 2.19. The van der Waals surface area contributed by atoms with Crippen molar-refractivity contribution in [2.24, 2.45) is 0 Å². The molecule has 0 aliphatic rings. The minimum atomic E-state index is 1.06. The lowest BCUT2D eigenvalue weighted by Gasteiger charge is -2.27. The van der Waals surface area contributed by atoms with Gasteiger partial charge in [0.2, 0.25) is 0 Å². The molecule has 8 aromatic rings. The molecule has 0 saturated heterocycles. The van der Waals surface area contributed by atoms with Crippen LogP contribution in [-0.4, -0.2) is 4.98 Å². The molecule has 3 heteroatoms. The summed E-state index contributed by atoms with van der Waals surface area (Å²) in [5, 5.41) is 7.47. The molecule has 0 radical (unpaired) electrons. The summed E-state index contributed by atoms with van der Waals surface area (Å²) in [4.78, 5) is 8.14. The Kier molecular flexibility index (Phi) is 5.35. The lowest BCUT2D eigenvalue weighted by atomic mass is 10.0. The third kappa shape index (κ3) is 3.75. The lowest BCUT2D eigenvalue weighted by Crippen LogP contribution is -2.10.